The van der Waals surface area contributed by atoms with Gasteiger partial charge in [-0.2, -0.15) is 0 Å². The summed E-state index contributed by atoms with van der Waals surface area (Å²) in [5, 5.41) is 0. The number of hydrogen-bond acceptors (Lipinski definition) is 3. The fourth-order valence-corrected chi connectivity index (χ4v) is 4.12. The molecule has 98 valence electrons. The highest BCUT2D eigenvalue weighted by atomic mass is 28.3. The third kappa shape index (κ3) is 8.62. The van der Waals surface area contributed by atoms with E-state index in [1.807, 2.05) is 0 Å². The molecule has 0 fully saturated rings. The third-order valence-corrected chi connectivity index (χ3v) is 7.06. The number of rotatable bonds is 12. The Morgan fingerprint density at radius 2 is 1.06 bits per heavy atom. The fourth-order valence-electron chi connectivity index (χ4n) is 1.54. The van der Waals surface area contributed by atoms with Crippen LogP contribution in [0.4, 0.5) is 0 Å². The molecule has 4 heteroatoms. The van der Waals surface area contributed by atoms with Crippen molar-refractivity contribution in [2.24, 2.45) is 0 Å². The van der Waals surface area contributed by atoms with Crippen LogP contribution in [0, 0.1) is 0 Å². The average Bonchev–Trinajstić information content (AvgIpc) is 2.30. The summed E-state index contributed by atoms with van der Waals surface area (Å²) in [5.41, 5.74) is 0. The van der Waals surface area contributed by atoms with Crippen LogP contribution in [0.25, 0.3) is 0 Å². The third-order valence-electron chi connectivity index (χ3n) is 2.82. The Labute approximate surface area is 106 Å². The van der Waals surface area contributed by atoms with Crippen molar-refractivity contribution in [2.75, 3.05) is 19.8 Å². The van der Waals surface area contributed by atoms with Crippen molar-refractivity contribution in [3.05, 3.63) is 38.5 Å². The summed E-state index contributed by atoms with van der Waals surface area (Å²) in [6, 6.07) is 3.25. The van der Waals surface area contributed by atoms with Gasteiger partial charge in [0.2, 0.25) is 0 Å². The quantitative estimate of drug-likeness (QED) is 0.304. The summed E-state index contributed by atoms with van der Waals surface area (Å²) in [6.07, 6.45) is 4.49. The maximum atomic E-state index is 5.22. The lowest BCUT2D eigenvalue weighted by molar-refractivity contribution is 0.254. The molecule has 0 N–H and O–H groups in total. The second-order valence-electron chi connectivity index (χ2n) is 4.17. The molecular formula is C13H24O3Si. The van der Waals surface area contributed by atoms with Crippen LogP contribution in [-0.4, -0.2) is 27.9 Å². The van der Waals surface area contributed by atoms with Crippen molar-refractivity contribution in [1.82, 2.24) is 0 Å². The van der Waals surface area contributed by atoms with E-state index in [0.29, 0.717) is 0 Å². The Morgan fingerprint density at radius 1 is 0.765 bits per heavy atom. The van der Waals surface area contributed by atoms with Crippen LogP contribution in [0.3, 0.4) is 0 Å². The average molecular weight is 256 g/mol. The van der Waals surface area contributed by atoms with Gasteiger partial charge < -0.3 is 14.2 Å². The van der Waals surface area contributed by atoms with E-state index in [-0.39, 0.29) is 0 Å². The lowest BCUT2D eigenvalue weighted by Gasteiger charge is -2.26. The Morgan fingerprint density at radius 3 is 1.29 bits per heavy atom. The van der Waals surface area contributed by atoms with Crippen LogP contribution in [0.1, 0.15) is 0 Å². The van der Waals surface area contributed by atoms with E-state index >= 15 is 0 Å². The molecule has 0 radical (unpaired) electrons. The van der Waals surface area contributed by atoms with Crippen LogP contribution >= 0.6 is 0 Å². The lowest BCUT2D eigenvalue weighted by atomic mass is 10.8. The summed E-state index contributed by atoms with van der Waals surface area (Å²) in [5.74, 6) is 0. The van der Waals surface area contributed by atoms with Gasteiger partial charge in [0.25, 0.3) is 0 Å². The first-order valence-electron chi connectivity index (χ1n) is 5.86. The minimum Gasteiger partial charge on any atom is -0.502 e. The van der Waals surface area contributed by atoms with Crippen LogP contribution in [0.15, 0.2) is 38.5 Å². The molecule has 0 unspecified atom stereocenters. The minimum atomic E-state index is -1.38. The molecule has 0 spiro atoms. The summed E-state index contributed by atoms with van der Waals surface area (Å²) in [4.78, 5) is 0. The SMILES string of the molecule is C=COCC[Si](C)(CCOC=C)CCOC=C. The standard InChI is InChI=1S/C13H24O3Si/c1-5-14-8-11-17(4,12-9-15-6-2)13-10-16-7-3/h5-7H,1-3,8-13H2,4H3. The van der Waals surface area contributed by atoms with Gasteiger partial charge in [0.1, 0.15) is 0 Å². The first-order valence-corrected chi connectivity index (χ1v) is 8.98. The molecule has 0 aromatic heterocycles. The molecule has 0 rings (SSSR count). The predicted octanol–water partition coefficient (Wildman–Crippen LogP) is 3.55. The van der Waals surface area contributed by atoms with Crippen LogP contribution < -0.4 is 0 Å². The number of ether oxygens (including phenoxy) is 3. The topological polar surface area (TPSA) is 27.7 Å². The van der Waals surface area contributed by atoms with Gasteiger partial charge in [-0.05, 0) is 18.1 Å². The Kier molecular flexibility index (Phi) is 9.34. The summed E-state index contributed by atoms with van der Waals surface area (Å²) < 4.78 is 15.7. The fraction of sp³-hybridized carbons (Fsp3) is 0.538. The largest absolute Gasteiger partial charge is 0.502 e. The highest BCUT2D eigenvalue weighted by Gasteiger charge is 2.26. The van der Waals surface area contributed by atoms with Crippen LogP contribution in [0.5, 0.6) is 0 Å². The molecule has 0 aliphatic heterocycles. The molecule has 0 saturated carbocycles. The van der Waals surface area contributed by atoms with E-state index in [1.165, 1.54) is 18.8 Å². The number of hydrogen-bond donors (Lipinski definition) is 0. The van der Waals surface area contributed by atoms with Crippen molar-refractivity contribution in [1.29, 1.82) is 0 Å². The highest BCUT2D eigenvalue weighted by molar-refractivity contribution is 6.78. The van der Waals surface area contributed by atoms with Gasteiger partial charge in [0.15, 0.2) is 0 Å². The summed E-state index contributed by atoms with van der Waals surface area (Å²) in [6.45, 7) is 15.2. The van der Waals surface area contributed by atoms with Gasteiger partial charge in [0.05, 0.1) is 46.7 Å². The van der Waals surface area contributed by atoms with E-state index in [1.54, 1.807) is 0 Å². The molecule has 0 atom stereocenters. The molecule has 0 aliphatic carbocycles. The Balaban J connectivity index is 4.07. The zero-order valence-electron chi connectivity index (χ0n) is 10.8. The van der Waals surface area contributed by atoms with Crippen molar-refractivity contribution in [3.63, 3.8) is 0 Å². The van der Waals surface area contributed by atoms with E-state index < -0.39 is 8.07 Å². The van der Waals surface area contributed by atoms with Crippen LogP contribution in [0.2, 0.25) is 24.7 Å². The second-order valence-corrected chi connectivity index (χ2v) is 9.29. The van der Waals surface area contributed by atoms with E-state index in [2.05, 4.69) is 26.3 Å². The van der Waals surface area contributed by atoms with Gasteiger partial charge in [-0.15, -0.1) is 0 Å². The van der Waals surface area contributed by atoms with Crippen molar-refractivity contribution >= 4 is 8.07 Å². The molecule has 0 aromatic rings. The first kappa shape index (κ1) is 15.8. The Bertz CT molecular complexity index is 193. The van der Waals surface area contributed by atoms with Gasteiger partial charge in [-0.3, -0.25) is 0 Å². The zero-order chi connectivity index (χ0) is 13.0. The normalized spacial score (nSPS) is 10.4. The second kappa shape index (κ2) is 10.0. The molecule has 0 heterocycles. The smallest absolute Gasteiger partial charge is 0.0849 e. The molecule has 0 aromatic carbocycles. The monoisotopic (exact) mass is 256 g/mol. The van der Waals surface area contributed by atoms with Gasteiger partial charge >= 0.3 is 0 Å². The summed E-state index contributed by atoms with van der Waals surface area (Å²) >= 11 is 0. The molecule has 0 amide bonds. The zero-order valence-corrected chi connectivity index (χ0v) is 11.8. The molecule has 3 nitrogen and oxygen atoms in total. The highest BCUT2D eigenvalue weighted by Crippen LogP contribution is 2.21. The molecule has 0 bridgehead atoms. The molecule has 0 saturated heterocycles. The maximum absolute atomic E-state index is 5.22. The molecule has 17 heavy (non-hydrogen) atoms. The van der Waals surface area contributed by atoms with Gasteiger partial charge in [-0.25, -0.2) is 0 Å². The van der Waals surface area contributed by atoms with Crippen LogP contribution in [-0.2, 0) is 14.2 Å². The van der Waals surface area contributed by atoms with Crippen molar-refractivity contribution in [3.8, 4) is 0 Å². The van der Waals surface area contributed by atoms with Crippen molar-refractivity contribution in [2.45, 2.75) is 24.7 Å². The van der Waals surface area contributed by atoms with Gasteiger partial charge in [-0.1, -0.05) is 26.3 Å². The summed E-state index contributed by atoms with van der Waals surface area (Å²) in [7, 11) is -1.38. The molecular weight excluding hydrogens is 232 g/mol. The lowest BCUT2D eigenvalue weighted by Crippen LogP contribution is -2.33. The van der Waals surface area contributed by atoms with E-state index in [9.17, 15) is 0 Å². The molecule has 0 aliphatic rings. The first-order chi connectivity index (χ1) is 8.18. The van der Waals surface area contributed by atoms with E-state index in [0.717, 1.165) is 38.0 Å². The maximum Gasteiger partial charge on any atom is 0.0849 e. The Hall–Kier alpha value is -1.16. The minimum absolute atomic E-state index is 0.731. The predicted molar refractivity (Wildman–Crippen MR) is 74.5 cm³/mol. The van der Waals surface area contributed by atoms with Crippen molar-refractivity contribution < 1.29 is 14.2 Å². The van der Waals surface area contributed by atoms with E-state index in [4.69, 9.17) is 14.2 Å². The van der Waals surface area contributed by atoms with Gasteiger partial charge in [0, 0.05) is 0 Å².